The monoisotopic (exact) mass is 372 g/mol. The average Bonchev–Trinajstić information content (AvgIpc) is 2.79. The van der Waals surface area contributed by atoms with E-state index in [1.165, 1.54) is 18.3 Å². The van der Waals surface area contributed by atoms with E-state index in [1.807, 2.05) is 6.92 Å². The Balaban J connectivity index is 2.44. The first-order valence-corrected chi connectivity index (χ1v) is 8.35. The highest BCUT2D eigenvalue weighted by molar-refractivity contribution is 9.10. The van der Waals surface area contributed by atoms with Crippen LogP contribution in [0.5, 0.6) is 0 Å². The van der Waals surface area contributed by atoms with Gasteiger partial charge < -0.3 is 0 Å². The van der Waals surface area contributed by atoms with Gasteiger partial charge in [-0.2, -0.15) is 0 Å². The van der Waals surface area contributed by atoms with Gasteiger partial charge in [-0.3, -0.25) is 10.1 Å². The van der Waals surface area contributed by atoms with Crippen molar-refractivity contribution in [3.63, 3.8) is 0 Å². The topological polar surface area (TPSA) is 82.2 Å². The lowest BCUT2D eigenvalue weighted by atomic mass is 10.2. The fraction of sp³-hybridized carbons (Fsp3) is 0.231. The van der Waals surface area contributed by atoms with Gasteiger partial charge in [0.2, 0.25) is 6.54 Å². The van der Waals surface area contributed by atoms with Crippen LogP contribution in [0.2, 0.25) is 0 Å². The van der Waals surface area contributed by atoms with E-state index >= 15 is 0 Å². The second kappa shape index (κ2) is 5.98. The molecule has 0 N–H and O–H groups in total. The Morgan fingerprint density at radius 1 is 1.29 bits per heavy atom. The van der Waals surface area contributed by atoms with E-state index in [9.17, 15) is 18.5 Å². The highest BCUT2D eigenvalue weighted by Gasteiger charge is 2.21. The molecule has 112 valence electrons. The molecule has 0 aliphatic rings. The Labute approximate surface area is 130 Å². The third-order valence-corrected chi connectivity index (χ3v) is 5.12. The summed E-state index contributed by atoms with van der Waals surface area (Å²) in [5.41, 5.74) is 1.33. The summed E-state index contributed by atoms with van der Waals surface area (Å²) in [6.45, 7) is 1.55. The van der Waals surface area contributed by atoms with E-state index < -0.39 is 14.9 Å². The van der Waals surface area contributed by atoms with E-state index in [2.05, 4.69) is 15.9 Å². The number of aryl methyl sites for hydroxylation is 1. The van der Waals surface area contributed by atoms with Gasteiger partial charge in [-0.25, -0.2) is 12.4 Å². The maximum Gasteiger partial charge on any atom is 0.267 e. The zero-order chi connectivity index (χ0) is 15.6. The Bertz CT molecular complexity index is 766. The number of nitrogens with zero attached hydrogens (tertiary/aromatic N) is 2. The lowest BCUT2D eigenvalue weighted by molar-refractivity contribution is -0.479. The molecule has 2 rings (SSSR count). The van der Waals surface area contributed by atoms with Gasteiger partial charge in [0.1, 0.15) is 0 Å². The Hall–Kier alpha value is -1.67. The summed E-state index contributed by atoms with van der Waals surface area (Å²) in [6, 6.07) is 8.05. The third-order valence-electron chi connectivity index (χ3n) is 2.96. The molecular weight excluding hydrogens is 360 g/mol. The zero-order valence-corrected chi connectivity index (χ0v) is 13.6. The van der Waals surface area contributed by atoms with Gasteiger partial charge in [-0.05, 0) is 41.1 Å². The SMILES string of the molecule is Cc1ccc(S(=O)(=O)n2cc(Br)cc2CC[N+](=O)[O-])cc1. The second-order valence-electron chi connectivity index (χ2n) is 4.57. The van der Waals surface area contributed by atoms with Crippen LogP contribution in [0.1, 0.15) is 11.3 Å². The van der Waals surface area contributed by atoms with Crippen LogP contribution in [0.15, 0.2) is 45.9 Å². The largest absolute Gasteiger partial charge is 0.267 e. The highest BCUT2D eigenvalue weighted by Crippen LogP contribution is 2.22. The van der Waals surface area contributed by atoms with E-state index in [-0.39, 0.29) is 17.9 Å². The van der Waals surface area contributed by atoms with Gasteiger partial charge in [0.15, 0.2) is 0 Å². The first-order valence-electron chi connectivity index (χ1n) is 6.11. The molecule has 0 bridgehead atoms. The van der Waals surface area contributed by atoms with Crippen molar-refractivity contribution in [1.29, 1.82) is 0 Å². The molecule has 1 heterocycles. The van der Waals surface area contributed by atoms with Crippen LogP contribution in [-0.2, 0) is 16.4 Å². The summed E-state index contributed by atoms with van der Waals surface area (Å²) in [5.74, 6) is 0. The van der Waals surface area contributed by atoms with Crippen molar-refractivity contribution in [1.82, 2.24) is 3.97 Å². The molecule has 0 aliphatic heterocycles. The molecule has 0 radical (unpaired) electrons. The van der Waals surface area contributed by atoms with Crippen molar-refractivity contribution in [2.45, 2.75) is 18.2 Å². The number of hydrogen-bond acceptors (Lipinski definition) is 4. The Kier molecular flexibility index (Phi) is 4.48. The number of hydrogen-bond donors (Lipinski definition) is 0. The molecule has 0 aliphatic carbocycles. The molecule has 1 aromatic carbocycles. The molecule has 8 heteroatoms. The Morgan fingerprint density at radius 2 is 1.90 bits per heavy atom. The van der Waals surface area contributed by atoms with Crippen LogP contribution in [0.4, 0.5) is 0 Å². The van der Waals surface area contributed by atoms with E-state index in [4.69, 9.17) is 0 Å². The van der Waals surface area contributed by atoms with Crippen LogP contribution in [-0.4, -0.2) is 23.9 Å². The van der Waals surface area contributed by atoms with Gasteiger partial charge in [0, 0.05) is 21.3 Å². The molecule has 21 heavy (non-hydrogen) atoms. The quantitative estimate of drug-likeness (QED) is 0.596. The number of nitro groups is 1. The minimum Gasteiger partial charge on any atom is -0.265 e. The summed E-state index contributed by atoms with van der Waals surface area (Å²) in [4.78, 5) is 10.2. The maximum atomic E-state index is 12.6. The second-order valence-corrected chi connectivity index (χ2v) is 7.30. The summed E-state index contributed by atoms with van der Waals surface area (Å²) in [6.07, 6.45) is 1.45. The highest BCUT2D eigenvalue weighted by atomic mass is 79.9. The standard InChI is InChI=1S/C13H13BrN2O4S/c1-10-2-4-13(5-3-10)21(19,20)15-9-11(14)8-12(15)6-7-16(17)18/h2-5,8-9H,6-7H2,1H3. The maximum absolute atomic E-state index is 12.6. The van der Waals surface area contributed by atoms with Crippen LogP contribution >= 0.6 is 15.9 Å². The minimum atomic E-state index is -3.75. The summed E-state index contributed by atoms with van der Waals surface area (Å²) in [7, 11) is -3.75. The van der Waals surface area contributed by atoms with Crippen molar-refractivity contribution in [2.24, 2.45) is 0 Å². The van der Waals surface area contributed by atoms with Crippen LogP contribution in [0, 0.1) is 17.0 Å². The first kappa shape index (κ1) is 15.7. The smallest absolute Gasteiger partial charge is 0.265 e. The van der Waals surface area contributed by atoms with Gasteiger partial charge in [0.25, 0.3) is 10.0 Å². The molecule has 6 nitrogen and oxygen atoms in total. The molecule has 0 unspecified atom stereocenters. The van der Waals surface area contributed by atoms with Gasteiger partial charge >= 0.3 is 0 Å². The van der Waals surface area contributed by atoms with Crippen LogP contribution < -0.4 is 0 Å². The molecule has 0 atom stereocenters. The van der Waals surface area contributed by atoms with Gasteiger partial charge in [-0.1, -0.05) is 17.7 Å². The predicted octanol–water partition coefficient (Wildman–Crippen LogP) is 2.62. The molecule has 0 amide bonds. The number of aromatic nitrogens is 1. The van der Waals surface area contributed by atoms with E-state index in [0.717, 1.165) is 9.54 Å². The third kappa shape index (κ3) is 3.51. The normalized spacial score (nSPS) is 11.5. The van der Waals surface area contributed by atoms with Crippen molar-refractivity contribution < 1.29 is 13.3 Å². The molecule has 0 spiro atoms. The lowest BCUT2D eigenvalue weighted by Crippen LogP contribution is -2.17. The molecule has 0 saturated carbocycles. The minimum absolute atomic E-state index is 0.0453. The summed E-state index contributed by atoms with van der Waals surface area (Å²) in [5, 5.41) is 10.5. The van der Waals surface area contributed by atoms with E-state index in [1.54, 1.807) is 18.2 Å². The van der Waals surface area contributed by atoms with Crippen LogP contribution in [0.25, 0.3) is 0 Å². The fourth-order valence-electron chi connectivity index (χ4n) is 1.89. The fourth-order valence-corrected chi connectivity index (χ4v) is 3.91. The van der Waals surface area contributed by atoms with Crippen molar-refractivity contribution >= 4 is 26.0 Å². The van der Waals surface area contributed by atoms with Crippen molar-refractivity contribution in [2.75, 3.05) is 6.54 Å². The molecular formula is C13H13BrN2O4S. The lowest BCUT2D eigenvalue weighted by Gasteiger charge is -2.09. The number of rotatable bonds is 5. The molecule has 2 aromatic rings. The summed E-state index contributed by atoms with van der Waals surface area (Å²) >= 11 is 3.21. The number of halogens is 1. The predicted molar refractivity (Wildman–Crippen MR) is 81.5 cm³/mol. The van der Waals surface area contributed by atoms with Crippen molar-refractivity contribution in [3.05, 3.63) is 62.4 Å². The Morgan fingerprint density at radius 3 is 2.48 bits per heavy atom. The van der Waals surface area contributed by atoms with Crippen LogP contribution in [0.3, 0.4) is 0 Å². The van der Waals surface area contributed by atoms with E-state index in [0.29, 0.717) is 10.2 Å². The zero-order valence-electron chi connectivity index (χ0n) is 11.2. The first-order chi connectivity index (χ1) is 9.80. The summed E-state index contributed by atoms with van der Waals surface area (Å²) < 4.78 is 26.8. The van der Waals surface area contributed by atoms with Crippen molar-refractivity contribution in [3.8, 4) is 0 Å². The van der Waals surface area contributed by atoms with Gasteiger partial charge in [0.05, 0.1) is 11.3 Å². The average molecular weight is 373 g/mol. The molecule has 0 fully saturated rings. The van der Waals surface area contributed by atoms with Gasteiger partial charge in [-0.15, -0.1) is 0 Å². The molecule has 0 saturated heterocycles. The molecule has 1 aromatic heterocycles. The number of benzene rings is 1.